The number of carbonyl (C=O) groups is 2. The molecule has 0 aliphatic carbocycles. The van der Waals surface area contributed by atoms with Crippen LogP contribution in [0.25, 0.3) is 0 Å². The van der Waals surface area contributed by atoms with Crippen LogP contribution in [0, 0.1) is 11.8 Å². The molecule has 0 fully saturated rings. The van der Waals surface area contributed by atoms with E-state index in [2.05, 4.69) is 6.58 Å². The van der Waals surface area contributed by atoms with Crippen molar-refractivity contribution >= 4 is 11.9 Å². The summed E-state index contributed by atoms with van der Waals surface area (Å²) < 4.78 is 10.1. The number of hydrogen-bond acceptors (Lipinski definition) is 4. The molecule has 0 aromatic heterocycles. The zero-order chi connectivity index (χ0) is 13.6. The predicted octanol–water partition coefficient (Wildman–Crippen LogP) is 2.33. The maximum absolute atomic E-state index is 11.7. The molecule has 0 saturated carbocycles. The Labute approximate surface area is 103 Å². The fourth-order valence-electron chi connectivity index (χ4n) is 0.898. The normalized spacial score (nSPS) is 13.1. The Morgan fingerprint density at radius 3 is 2.24 bits per heavy atom. The number of hydrogen-bond donors (Lipinski definition) is 0. The first-order valence-electron chi connectivity index (χ1n) is 5.73. The third kappa shape index (κ3) is 5.52. The molecule has 0 aliphatic heterocycles. The fraction of sp³-hybridized carbons (Fsp3) is 0.692. The molecule has 0 aromatic carbocycles. The molecule has 0 spiro atoms. The van der Waals surface area contributed by atoms with Crippen molar-refractivity contribution in [2.75, 3.05) is 6.61 Å². The van der Waals surface area contributed by atoms with Crippen molar-refractivity contribution in [1.29, 1.82) is 0 Å². The van der Waals surface area contributed by atoms with Crippen LogP contribution in [-0.2, 0) is 19.1 Å². The van der Waals surface area contributed by atoms with Crippen LogP contribution >= 0.6 is 0 Å². The van der Waals surface area contributed by atoms with Crippen LogP contribution in [0.1, 0.15) is 34.6 Å². The number of ether oxygens (including phenoxy) is 2. The molecule has 0 rings (SSSR count). The monoisotopic (exact) mass is 242 g/mol. The molecule has 0 saturated heterocycles. The van der Waals surface area contributed by atoms with Crippen molar-refractivity contribution in [1.82, 2.24) is 0 Å². The first-order valence-corrected chi connectivity index (χ1v) is 5.73. The second kappa shape index (κ2) is 6.42. The second-order valence-corrected chi connectivity index (χ2v) is 4.95. The molecule has 0 radical (unpaired) electrons. The highest BCUT2D eigenvalue weighted by atomic mass is 16.6. The van der Waals surface area contributed by atoms with Gasteiger partial charge in [-0.1, -0.05) is 19.9 Å². The standard InChI is InChI=1S/C13H22O4/c1-7-10(4)11(14)17-13(5,6)12(15)16-8-9(2)3/h7,9-10H,1,8H2,2-6H3. The molecule has 1 unspecified atom stereocenters. The summed E-state index contributed by atoms with van der Waals surface area (Å²) in [5.41, 5.74) is -1.26. The summed E-state index contributed by atoms with van der Waals surface area (Å²) in [5.74, 6) is -1.20. The highest BCUT2D eigenvalue weighted by Crippen LogP contribution is 2.15. The van der Waals surface area contributed by atoms with E-state index in [1.807, 2.05) is 13.8 Å². The van der Waals surface area contributed by atoms with Crippen molar-refractivity contribution in [3.8, 4) is 0 Å². The molecule has 0 aromatic rings. The Kier molecular flexibility index (Phi) is 5.93. The molecule has 17 heavy (non-hydrogen) atoms. The predicted molar refractivity (Wildman–Crippen MR) is 65.3 cm³/mol. The van der Waals surface area contributed by atoms with E-state index in [1.54, 1.807) is 6.92 Å². The lowest BCUT2D eigenvalue weighted by Gasteiger charge is -2.24. The van der Waals surface area contributed by atoms with Crippen LogP contribution in [0.15, 0.2) is 12.7 Å². The van der Waals surface area contributed by atoms with Gasteiger partial charge in [0.2, 0.25) is 5.60 Å². The molecule has 0 N–H and O–H groups in total. The van der Waals surface area contributed by atoms with E-state index in [0.29, 0.717) is 6.61 Å². The van der Waals surface area contributed by atoms with Gasteiger partial charge in [-0.15, -0.1) is 6.58 Å². The molecule has 0 aliphatic rings. The van der Waals surface area contributed by atoms with Crippen LogP contribution in [0.2, 0.25) is 0 Å². The van der Waals surface area contributed by atoms with Crippen LogP contribution in [0.4, 0.5) is 0 Å². The van der Waals surface area contributed by atoms with E-state index < -0.39 is 23.5 Å². The van der Waals surface area contributed by atoms with Gasteiger partial charge in [0.15, 0.2) is 0 Å². The smallest absolute Gasteiger partial charge is 0.350 e. The maximum Gasteiger partial charge on any atom is 0.350 e. The molecule has 1 atom stereocenters. The van der Waals surface area contributed by atoms with Crippen molar-refractivity contribution in [2.24, 2.45) is 11.8 Å². The zero-order valence-electron chi connectivity index (χ0n) is 11.3. The fourth-order valence-corrected chi connectivity index (χ4v) is 0.898. The minimum absolute atomic E-state index is 0.248. The van der Waals surface area contributed by atoms with Gasteiger partial charge in [0, 0.05) is 0 Å². The lowest BCUT2D eigenvalue weighted by Crippen LogP contribution is -2.40. The lowest BCUT2D eigenvalue weighted by atomic mass is 10.1. The number of rotatable bonds is 6. The molecule has 4 nitrogen and oxygen atoms in total. The van der Waals surface area contributed by atoms with Gasteiger partial charge in [0.1, 0.15) is 0 Å². The van der Waals surface area contributed by atoms with Gasteiger partial charge in [-0.25, -0.2) is 4.79 Å². The van der Waals surface area contributed by atoms with Crippen LogP contribution < -0.4 is 0 Å². The average molecular weight is 242 g/mol. The van der Waals surface area contributed by atoms with Crippen molar-refractivity contribution in [2.45, 2.75) is 40.2 Å². The minimum atomic E-state index is -1.26. The Morgan fingerprint density at radius 2 is 1.82 bits per heavy atom. The summed E-state index contributed by atoms with van der Waals surface area (Å²) >= 11 is 0. The Bertz CT molecular complexity index is 292. The second-order valence-electron chi connectivity index (χ2n) is 4.95. The van der Waals surface area contributed by atoms with E-state index in [9.17, 15) is 9.59 Å². The molecular weight excluding hydrogens is 220 g/mol. The van der Waals surface area contributed by atoms with Gasteiger partial charge >= 0.3 is 11.9 Å². The third-order valence-corrected chi connectivity index (χ3v) is 2.12. The highest BCUT2D eigenvalue weighted by molar-refractivity contribution is 5.83. The SMILES string of the molecule is C=CC(C)C(=O)OC(C)(C)C(=O)OCC(C)C. The van der Waals surface area contributed by atoms with Gasteiger partial charge in [-0.2, -0.15) is 0 Å². The topological polar surface area (TPSA) is 52.6 Å². The van der Waals surface area contributed by atoms with Gasteiger partial charge in [-0.05, 0) is 26.7 Å². The average Bonchev–Trinajstić information content (AvgIpc) is 2.23. The van der Waals surface area contributed by atoms with Crippen molar-refractivity contribution in [3.63, 3.8) is 0 Å². The van der Waals surface area contributed by atoms with Crippen LogP contribution in [0.5, 0.6) is 0 Å². The molecule has 98 valence electrons. The first-order chi connectivity index (χ1) is 7.70. The van der Waals surface area contributed by atoms with E-state index >= 15 is 0 Å². The van der Waals surface area contributed by atoms with E-state index in [1.165, 1.54) is 19.9 Å². The van der Waals surface area contributed by atoms with E-state index in [4.69, 9.17) is 9.47 Å². The summed E-state index contributed by atoms with van der Waals surface area (Å²) in [7, 11) is 0. The highest BCUT2D eigenvalue weighted by Gasteiger charge is 2.34. The van der Waals surface area contributed by atoms with Crippen LogP contribution in [-0.4, -0.2) is 24.1 Å². The largest absolute Gasteiger partial charge is 0.462 e. The van der Waals surface area contributed by atoms with Gasteiger partial charge in [0.25, 0.3) is 0 Å². The van der Waals surface area contributed by atoms with Gasteiger partial charge in [0.05, 0.1) is 12.5 Å². The Balaban J connectivity index is 4.40. The molecule has 0 amide bonds. The third-order valence-electron chi connectivity index (χ3n) is 2.12. The lowest BCUT2D eigenvalue weighted by molar-refractivity contribution is -0.180. The van der Waals surface area contributed by atoms with E-state index in [0.717, 1.165) is 0 Å². The van der Waals surface area contributed by atoms with Gasteiger partial charge < -0.3 is 9.47 Å². The Morgan fingerprint density at radius 1 is 1.29 bits per heavy atom. The molecule has 0 bridgehead atoms. The van der Waals surface area contributed by atoms with Crippen molar-refractivity contribution < 1.29 is 19.1 Å². The Hall–Kier alpha value is -1.32. The molecule has 4 heteroatoms. The maximum atomic E-state index is 11.7. The van der Waals surface area contributed by atoms with E-state index in [-0.39, 0.29) is 5.92 Å². The summed E-state index contributed by atoms with van der Waals surface area (Å²) in [5, 5.41) is 0. The number of esters is 2. The summed E-state index contributed by atoms with van der Waals surface area (Å²) in [4.78, 5) is 23.2. The summed E-state index contributed by atoms with van der Waals surface area (Å²) in [6.07, 6.45) is 1.47. The zero-order valence-corrected chi connectivity index (χ0v) is 11.3. The summed E-state index contributed by atoms with van der Waals surface area (Å²) in [6, 6.07) is 0. The first kappa shape index (κ1) is 15.7. The molecular formula is C13H22O4. The van der Waals surface area contributed by atoms with Gasteiger partial charge in [-0.3, -0.25) is 4.79 Å². The summed E-state index contributed by atoms with van der Waals surface area (Å²) in [6.45, 7) is 12.4. The number of carbonyl (C=O) groups excluding carboxylic acids is 2. The molecule has 0 heterocycles. The minimum Gasteiger partial charge on any atom is -0.462 e. The van der Waals surface area contributed by atoms with Crippen LogP contribution in [0.3, 0.4) is 0 Å². The quantitative estimate of drug-likeness (QED) is 0.530. The van der Waals surface area contributed by atoms with Crippen molar-refractivity contribution in [3.05, 3.63) is 12.7 Å².